The maximum absolute atomic E-state index is 12.9. The van der Waals surface area contributed by atoms with E-state index in [9.17, 15) is 13.2 Å². The van der Waals surface area contributed by atoms with Crippen molar-refractivity contribution in [3.63, 3.8) is 0 Å². The van der Waals surface area contributed by atoms with E-state index in [1.165, 1.54) is 12.2 Å². The van der Waals surface area contributed by atoms with Crippen LogP contribution in [0.1, 0.15) is 37.1 Å². The Kier molecular flexibility index (Phi) is 3.32. The summed E-state index contributed by atoms with van der Waals surface area (Å²) in [6.45, 7) is 7.14. The zero-order valence-corrected chi connectivity index (χ0v) is 11.3. The quantitative estimate of drug-likeness (QED) is 0.753. The van der Waals surface area contributed by atoms with E-state index in [0.29, 0.717) is 17.2 Å². The fourth-order valence-electron chi connectivity index (χ4n) is 2.15. The van der Waals surface area contributed by atoms with E-state index in [4.69, 9.17) is 4.42 Å². The summed E-state index contributed by atoms with van der Waals surface area (Å²) in [5, 5.41) is 0. The molecule has 1 heterocycles. The van der Waals surface area contributed by atoms with Crippen molar-refractivity contribution >= 4 is 0 Å². The van der Waals surface area contributed by atoms with Crippen LogP contribution in [-0.4, -0.2) is 11.2 Å². The van der Waals surface area contributed by atoms with Crippen molar-refractivity contribution in [3.8, 4) is 0 Å². The molecule has 0 aromatic carbocycles. The molecule has 104 valence electrons. The molecule has 2 unspecified atom stereocenters. The summed E-state index contributed by atoms with van der Waals surface area (Å²) >= 11 is 0. The highest BCUT2D eigenvalue weighted by Crippen LogP contribution is 2.40. The predicted octanol–water partition coefficient (Wildman–Crippen LogP) is 4.46. The maximum Gasteiger partial charge on any atom is 0.416 e. The monoisotopic (exact) mass is 271 g/mol. The second-order valence-corrected chi connectivity index (χ2v) is 5.02. The van der Waals surface area contributed by atoms with E-state index in [1.54, 1.807) is 20.8 Å². The Labute approximate surface area is 110 Å². The maximum atomic E-state index is 12.9. The van der Waals surface area contributed by atoms with Gasteiger partial charge in [-0.1, -0.05) is 24.6 Å². The molecule has 0 amide bonds. The molecule has 0 radical (unpaired) electrons. The van der Waals surface area contributed by atoms with Crippen molar-refractivity contribution in [2.75, 3.05) is 0 Å². The minimum Gasteiger partial charge on any atom is -0.445 e. The van der Waals surface area contributed by atoms with Gasteiger partial charge in [-0.25, -0.2) is 4.98 Å². The van der Waals surface area contributed by atoms with Gasteiger partial charge < -0.3 is 4.42 Å². The summed E-state index contributed by atoms with van der Waals surface area (Å²) in [6, 6.07) is 0. The van der Waals surface area contributed by atoms with Crippen LogP contribution in [0.25, 0.3) is 0 Å². The van der Waals surface area contributed by atoms with Crippen molar-refractivity contribution in [1.82, 2.24) is 4.98 Å². The second kappa shape index (κ2) is 4.54. The van der Waals surface area contributed by atoms with E-state index in [-0.39, 0.29) is 5.92 Å². The van der Waals surface area contributed by atoms with Crippen LogP contribution in [0.15, 0.2) is 27.7 Å². The van der Waals surface area contributed by atoms with Crippen LogP contribution in [0.2, 0.25) is 0 Å². The van der Waals surface area contributed by atoms with Crippen LogP contribution in [0.3, 0.4) is 0 Å². The summed E-state index contributed by atoms with van der Waals surface area (Å²) in [7, 11) is 0. The zero-order valence-electron chi connectivity index (χ0n) is 11.3. The lowest BCUT2D eigenvalue weighted by Gasteiger charge is -2.25. The second-order valence-electron chi connectivity index (χ2n) is 5.02. The van der Waals surface area contributed by atoms with E-state index < -0.39 is 17.7 Å². The molecule has 1 aromatic rings. The van der Waals surface area contributed by atoms with Crippen LogP contribution in [0, 0.1) is 19.8 Å². The number of oxazole rings is 1. The normalized spacial score (nSPS) is 24.2. The number of hydrogen-bond acceptors (Lipinski definition) is 2. The number of halogens is 3. The first-order valence-corrected chi connectivity index (χ1v) is 6.11. The lowest BCUT2D eigenvalue weighted by molar-refractivity contribution is -0.0890. The first kappa shape index (κ1) is 13.9. The molecule has 1 aliphatic carbocycles. The van der Waals surface area contributed by atoms with Gasteiger partial charge >= 0.3 is 6.18 Å². The largest absolute Gasteiger partial charge is 0.445 e. The molecular weight excluding hydrogens is 255 g/mol. The number of rotatable bonds is 1. The van der Waals surface area contributed by atoms with Crippen LogP contribution in [0.5, 0.6) is 0 Å². The molecule has 0 spiro atoms. The van der Waals surface area contributed by atoms with Crippen LogP contribution in [0.4, 0.5) is 13.2 Å². The number of nitrogens with zero attached hydrogens (tertiary/aromatic N) is 1. The molecule has 1 aliphatic rings. The summed E-state index contributed by atoms with van der Waals surface area (Å²) in [4.78, 5) is 4.23. The molecule has 19 heavy (non-hydrogen) atoms. The molecule has 2 atom stereocenters. The molecule has 0 bridgehead atoms. The molecule has 0 saturated heterocycles. The van der Waals surface area contributed by atoms with Crippen LogP contribution < -0.4 is 0 Å². The minimum atomic E-state index is -4.34. The first-order valence-electron chi connectivity index (χ1n) is 6.11. The van der Waals surface area contributed by atoms with Gasteiger partial charge in [-0.05, 0) is 26.7 Å². The van der Waals surface area contributed by atoms with Gasteiger partial charge in [0.1, 0.15) is 5.76 Å². The summed E-state index contributed by atoms with van der Waals surface area (Å²) in [6.07, 6.45) is -1.93. The Hall–Kier alpha value is -1.52. The van der Waals surface area contributed by atoms with Crippen molar-refractivity contribution in [1.29, 1.82) is 0 Å². The van der Waals surface area contributed by atoms with Gasteiger partial charge in [0, 0.05) is 0 Å². The van der Waals surface area contributed by atoms with Crippen LogP contribution in [-0.2, 0) is 0 Å². The molecule has 0 saturated carbocycles. The van der Waals surface area contributed by atoms with Crippen molar-refractivity contribution in [2.45, 2.75) is 39.8 Å². The number of aryl methyl sites for hydroxylation is 2. The van der Waals surface area contributed by atoms with Gasteiger partial charge in [-0.15, -0.1) is 0 Å². The molecule has 0 N–H and O–H groups in total. The third kappa shape index (κ3) is 2.60. The topological polar surface area (TPSA) is 26.0 Å². The lowest BCUT2D eigenvalue weighted by Crippen LogP contribution is -2.20. The number of allylic oxidation sites excluding steroid dienone is 4. The fraction of sp³-hybridized carbons (Fsp3) is 0.500. The van der Waals surface area contributed by atoms with Crippen molar-refractivity contribution < 1.29 is 17.6 Å². The molecule has 2 rings (SSSR count). The standard InChI is InChI=1S/C14H16F3NO/c1-7-5-11(14(15,16)17)6-12(8(7)2)13-18-9(3)10(4)19-13/h5-6,8,12H,1-4H3. The first-order chi connectivity index (χ1) is 8.70. The number of hydrogen-bond donors (Lipinski definition) is 0. The molecular formula is C14H16F3NO. The smallest absolute Gasteiger partial charge is 0.416 e. The molecule has 1 aromatic heterocycles. The van der Waals surface area contributed by atoms with Crippen molar-refractivity contribution in [2.24, 2.45) is 5.92 Å². The summed E-state index contributed by atoms with van der Waals surface area (Å²) in [5.41, 5.74) is 0.784. The minimum absolute atomic E-state index is 0.0523. The third-order valence-electron chi connectivity index (χ3n) is 3.66. The van der Waals surface area contributed by atoms with Crippen molar-refractivity contribution in [3.05, 3.63) is 40.6 Å². The molecule has 0 fully saturated rings. The van der Waals surface area contributed by atoms with Crippen LogP contribution >= 0.6 is 0 Å². The van der Waals surface area contributed by atoms with Gasteiger partial charge in [-0.2, -0.15) is 13.2 Å². The highest BCUT2D eigenvalue weighted by Gasteiger charge is 2.37. The van der Waals surface area contributed by atoms with Gasteiger partial charge in [0.15, 0.2) is 0 Å². The Bertz CT molecular complexity index is 532. The molecule has 5 heteroatoms. The van der Waals surface area contributed by atoms with E-state index in [0.717, 1.165) is 5.69 Å². The third-order valence-corrected chi connectivity index (χ3v) is 3.66. The van der Waals surface area contributed by atoms with Gasteiger partial charge in [0.2, 0.25) is 5.89 Å². The van der Waals surface area contributed by atoms with Gasteiger partial charge in [-0.3, -0.25) is 0 Å². The Morgan fingerprint density at radius 3 is 2.32 bits per heavy atom. The highest BCUT2D eigenvalue weighted by molar-refractivity contribution is 5.37. The van der Waals surface area contributed by atoms with Gasteiger partial charge in [0.05, 0.1) is 17.2 Å². The highest BCUT2D eigenvalue weighted by atomic mass is 19.4. The van der Waals surface area contributed by atoms with E-state index in [2.05, 4.69) is 4.98 Å². The predicted molar refractivity (Wildman–Crippen MR) is 65.8 cm³/mol. The van der Waals surface area contributed by atoms with E-state index >= 15 is 0 Å². The number of alkyl halides is 3. The zero-order chi connectivity index (χ0) is 14.4. The Balaban J connectivity index is 2.45. The van der Waals surface area contributed by atoms with Gasteiger partial charge in [0.25, 0.3) is 0 Å². The molecule has 0 aliphatic heterocycles. The average Bonchev–Trinajstić information content (AvgIpc) is 2.61. The Morgan fingerprint density at radius 2 is 1.84 bits per heavy atom. The summed E-state index contributed by atoms with van der Waals surface area (Å²) < 4.78 is 44.0. The summed E-state index contributed by atoms with van der Waals surface area (Å²) in [5.74, 6) is 0.491. The average molecular weight is 271 g/mol. The number of aromatic nitrogens is 1. The van der Waals surface area contributed by atoms with E-state index in [1.807, 2.05) is 6.92 Å². The Morgan fingerprint density at radius 1 is 1.21 bits per heavy atom. The SMILES string of the molecule is CC1=CC(C(F)(F)F)=CC(c2nc(C)c(C)o2)C1C. The fourth-order valence-corrected chi connectivity index (χ4v) is 2.15. The molecule has 2 nitrogen and oxygen atoms in total. The lowest BCUT2D eigenvalue weighted by atomic mass is 9.81.